The van der Waals surface area contributed by atoms with Crippen molar-refractivity contribution in [2.45, 2.75) is 18.5 Å². The monoisotopic (exact) mass is 304 g/mol. The average Bonchev–Trinajstić information content (AvgIpc) is 2.38. The van der Waals surface area contributed by atoms with Crippen LogP contribution in [0.1, 0.15) is 6.42 Å². The highest BCUT2D eigenvalue weighted by molar-refractivity contribution is 5.85. The van der Waals surface area contributed by atoms with E-state index in [-0.39, 0.29) is 6.42 Å². The number of hydrogen-bond acceptors (Lipinski definition) is 3. The van der Waals surface area contributed by atoms with Crippen molar-refractivity contribution in [2.24, 2.45) is 0 Å². The second-order valence-electron chi connectivity index (χ2n) is 4.07. The number of hydrogen-bond donors (Lipinski definition) is 1. The van der Waals surface area contributed by atoms with Crippen molar-refractivity contribution in [3.8, 4) is 0 Å². The van der Waals surface area contributed by atoms with E-state index in [1.807, 2.05) is 0 Å². The fourth-order valence-electron chi connectivity index (χ4n) is 1.49. The third-order valence-electron chi connectivity index (χ3n) is 2.63. The minimum atomic E-state index is -5.95. The Hall–Kier alpha value is -1.45. The molecule has 0 aliphatic carbocycles. The maximum Gasteiger partial charge on any atom is 0.463 e. The molecule has 0 saturated carbocycles. The van der Waals surface area contributed by atoms with E-state index in [0.717, 1.165) is 0 Å². The number of halogens is 5. The van der Waals surface area contributed by atoms with Gasteiger partial charge in [-0.1, -0.05) is 0 Å². The maximum absolute atomic E-state index is 12.6. The summed E-state index contributed by atoms with van der Waals surface area (Å²) in [7, 11) is 0. The maximum atomic E-state index is 12.6. The molecule has 0 aromatic carbocycles. The van der Waals surface area contributed by atoms with Crippen molar-refractivity contribution in [3.63, 3.8) is 0 Å². The first kappa shape index (κ1) is 16.6. The summed E-state index contributed by atoms with van der Waals surface area (Å²) in [5.74, 6) is -8.36. The van der Waals surface area contributed by atoms with Crippen molar-refractivity contribution in [1.82, 2.24) is 10.2 Å². The zero-order chi connectivity index (χ0) is 15.4. The van der Waals surface area contributed by atoms with Crippen LogP contribution in [0.25, 0.3) is 0 Å². The van der Waals surface area contributed by atoms with Gasteiger partial charge >= 0.3 is 12.1 Å². The lowest BCUT2D eigenvalue weighted by atomic mass is 10.3. The SMILES string of the molecule is O=C(CCNC(=O)C(F)(F)C(F)(F)F)N1CCOCC1. The van der Waals surface area contributed by atoms with Crippen LogP contribution < -0.4 is 5.32 Å². The van der Waals surface area contributed by atoms with Crippen LogP contribution in [0, 0.1) is 0 Å². The molecule has 1 saturated heterocycles. The molecule has 5 nitrogen and oxygen atoms in total. The Morgan fingerprint density at radius 3 is 2.15 bits per heavy atom. The second kappa shape index (κ2) is 6.33. The summed E-state index contributed by atoms with van der Waals surface area (Å²) in [5, 5.41) is 1.41. The van der Waals surface area contributed by atoms with Gasteiger partial charge in [0.05, 0.1) is 13.2 Å². The number of nitrogens with zero attached hydrogens (tertiary/aromatic N) is 1. The van der Waals surface area contributed by atoms with E-state index in [1.165, 1.54) is 10.2 Å². The minimum absolute atomic E-state index is 0.325. The number of ether oxygens (including phenoxy) is 1. The van der Waals surface area contributed by atoms with Gasteiger partial charge in [-0.2, -0.15) is 22.0 Å². The molecule has 0 aromatic rings. The summed E-state index contributed by atoms with van der Waals surface area (Å²) in [6.45, 7) is 0.742. The second-order valence-corrected chi connectivity index (χ2v) is 4.07. The van der Waals surface area contributed by atoms with Gasteiger partial charge in [0.2, 0.25) is 5.91 Å². The Morgan fingerprint density at radius 1 is 1.10 bits per heavy atom. The third kappa shape index (κ3) is 4.02. The van der Waals surface area contributed by atoms with Crippen molar-refractivity contribution in [2.75, 3.05) is 32.8 Å². The van der Waals surface area contributed by atoms with Crippen LogP contribution >= 0.6 is 0 Å². The van der Waals surface area contributed by atoms with Crippen molar-refractivity contribution in [3.05, 3.63) is 0 Å². The van der Waals surface area contributed by atoms with E-state index in [9.17, 15) is 31.5 Å². The fourth-order valence-corrected chi connectivity index (χ4v) is 1.49. The number of rotatable bonds is 4. The Balaban J connectivity index is 2.36. The van der Waals surface area contributed by atoms with Crippen molar-refractivity contribution >= 4 is 11.8 Å². The fraction of sp³-hybridized carbons (Fsp3) is 0.800. The first-order chi connectivity index (χ1) is 9.16. The first-order valence-corrected chi connectivity index (χ1v) is 5.74. The third-order valence-corrected chi connectivity index (χ3v) is 2.63. The molecule has 1 N–H and O–H groups in total. The molecule has 20 heavy (non-hydrogen) atoms. The van der Waals surface area contributed by atoms with E-state index < -0.39 is 30.5 Å². The van der Waals surface area contributed by atoms with Gasteiger partial charge in [-0.3, -0.25) is 9.59 Å². The summed E-state index contributed by atoms with van der Waals surface area (Å²) in [4.78, 5) is 23.7. The molecule has 0 atom stereocenters. The number of nitrogens with one attached hydrogen (secondary N) is 1. The largest absolute Gasteiger partial charge is 0.463 e. The van der Waals surface area contributed by atoms with E-state index in [1.54, 1.807) is 0 Å². The van der Waals surface area contributed by atoms with Crippen LogP contribution in [-0.2, 0) is 14.3 Å². The number of carbonyl (C=O) groups excluding carboxylic acids is 2. The lowest BCUT2D eigenvalue weighted by Gasteiger charge is -2.27. The predicted octanol–water partition coefficient (Wildman–Crippen LogP) is 0.549. The molecule has 0 radical (unpaired) electrons. The van der Waals surface area contributed by atoms with Crippen molar-refractivity contribution < 1.29 is 36.3 Å². The molecule has 1 heterocycles. The van der Waals surface area contributed by atoms with Gasteiger partial charge in [-0.25, -0.2) is 0 Å². The molecule has 2 amide bonds. The highest BCUT2D eigenvalue weighted by Crippen LogP contribution is 2.35. The van der Waals surface area contributed by atoms with Crippen LogP contribution in [-0.4, -0.2) is 61.7 Å². The van der Waals surface area contributed by atoms with Crippen LogP contribution in [0.5, 0.6) is 0 Å². The van der Waals surface area contributed by atoms with E-state index in [0.29, 0.717) is 26.3 Å². The van der Waals surface area contributed by atoms with Gasteiger partial charge < -0.3 is 15.0 Å². The lowest BCUT2D eigenvalue weighted by Crippen LogP contribution is -2.51. The molecule has 0 spiro atoms. The lowest BCUT2D eigenvalue weighted by molar-refractivity contribution is -0.269. The van der Waals surface area contributed by atoms with E-state index in [2.05, 4.69) is 0 Å². The standard InChI is InChI=1S/C10H13F5N2O3/c11-9(12,10(13,14)15)8(19)16-2-1-7(18)17-3-5-20-6-4-17/h1-6H2,(H,16,19). The molecule has 1 aliphatic rings. The molecule has 116 valence electrons. The smallest absolute Gasteiger partial charge is 0.378 e. The van der Waals surface area contributed by atoms with Gasteiger partial charge in [0.25, 0.3) is 5.91 Å². The molecule has 10 heteroatoms. The number of morpholine rings is 1. The molecule has 0 bridgehead atoms. The highest BCUT2D eigenvalue weighted by atomic mass is 19.4. The van der Waals surface area contributed by atoms with E-state index >= 15 is 0 Å². The molecule has 0 aromatic heterocycles. The van der Waals surface area contributed by atoms with Gasteiger partial charge in [0.1, 0.15) is 0 Å². The Morgan fingerprint density at radius 2 is 1.65 bits per heavy atom. The average molecular weight is 304 g/mol. The van der Waals surface area contributed by atoms with E-state index in [4.69, 9.17) is 4.74 Å². The molecular formula is C10H13F5N2O3. The quantitative estimate of drug-likeness (QED) is 0.772. The number of alkyl halides is 5. The normalized spacial score (nSPS) is 16.9. The zero-order valence-corrected chi connectivity index (χ0v) is 10.3. The van der Waals surface area contributed by atoms with Gasteiger partial charge in [0.15, 0.2) is 0 Å². The molecule has 0 unspecified atom stereocenters. The number of carbonyl (C=O) groups is 2. The zero-order valence-electron chi connectivity index (χ0n) is 10.3. The highest BCUT2D eigenvalue weighted by Gasteiger charge is 2.63. The van der Waals surface area contributed by atoms with Crippen LogP contribution in [0.4, 0.5) is 22.0 Å². The number of amides is 2. The van der Waals surface area contributed by atoms with Gasteiger partial charge in [-0.15, -0.1) is 0 Å². The minimum Gasteiger partial charge on any atom is -0.378 e. The summed E-state index contributed by atoms with van der Waals surface area (Å²) in [6.07, 6.45) is -6.30. The van der Waals surface area contributed by atoms with Crippen LogP contribution in [0.15, 0.2) is 0 Å². The van der Waals surface area contributed by atoms with Crippen LogP contribution in [0.3, 0.4) is 0 Å². The first-order valence-electron chi connectivity index (χ1n) is 5.74. The van der Waals surface area contributed by atoms with Crippen LogP contribution in [0.2, 0.25) is 0 Å². The molecule has 1 rings (SSSR count). The summed E-state index contributed by atoms with van der Waals surface area (Å²) >= 11 is 0. The van der Waals surface area contributed by atoms with Gasteiger partial charge in [0, 0.05) is 26.1 Å². The summed E-state index contributed by atoms with van der Waals surface area (Å²) in [6, 6.07) is 0. The Kier molecular flexibility index (Phi) is 5.26. The molecule has 1 fully saturated rings. The molecular weight excluding hydrogens is 291 g/mol. The Labute approximate surface area is 111 Å². The Bertz CT molecular complexity index is 366. The van der Waals surface area contributed by atoms with Crippen molar-refractivity contribution in [1.29, 1.82) is 0 Å². The predicted molar refractivity (Wildman–Crippen MR) is 56.0 cm³/mol. The summed E-state index contributed by atoms with van der Waals surface area (Å²) in [5.41, 5.74) is 0. The summed E-state index contributed by atoms with van der Waals surface area (Å²) < 4.78 is 65.7. The van der Waals surface area contributed by atoms with Gasteiger partial charge in [-0.05, 0) is 0 Å². The topological polar surface area (TPSA) is 58.6 Å². The molecule has 1 aliphatic heterocycles.